The second kappa shape index (κ2) is 2.44. The molecule has 1 rings (SSSR count). The van der Waals surface area contributed by atoms with Crippen LogP contribution in [0.25, 0.3) is 0 Å². The Morgan fingerprint density at radius 1 is 1.75 bits per heavy atom. The van der Waals surface area contributed by atoms with Crippen LogP contribution in [0.15, 0.2) is 0 Å². The predicted octanol–water partition coefficient (Wildman–Crippen LogP) is -0.260. The molecule has 0 aromatic heterocycles. The summed E-state index contributed by atoms with van der Waals surface area (Å²) in [6.45, 7) is 2.39. The second-order valence-electron chi connectivity index (χ2n) is 1.80. The highest BCUT2D eigenvalue weighted by molar-refractivity contribution is 4.69. The summed E-state index contributed by atoms with van der Waals surface area (Å²) >= 11 is 0. The lowest BCUT2D eigenvalue weighted by atomic mass is 10.5. The maximum absolute atomic E-state index is 8.25. The van der Waals surface area contributed by atoms with Crippen molar-refractivity contribution in [1.82, 2.24) is 0 Å². The maximum atomic E-state index is 8.25. The molecule has 1 heterocycles. The van der Waals surface area contributed by atoms with Gasteiger partial charge in [-0.1, -0.05) is 0 Å². The highest BCUT2D eigenvalue weighted by Gasteiger charge is 2.34. The van der Waals surface area contributed by atoms with Gasteiger partial charge < -0.3 is 14.6 Å². The van der Waals surface area contributed by atoms with Crippen LogP contribution in [-0.2, 0) is 9.47 Å². The number of ether oxygens (including phenoxy) is 2. The summed E-state index contributed by atoms with van der Waals surface area (Å²) < 4.78 is 9.83. The molecule has 0 amide bonds. The first-order valence-electron chi connectivity index (χ1n) is 2.72. The van der Waals surface area contributed by atoms with Crippen LogP contribution in [0.1, 0.15) is 6.92 Å². The third kappa shape index (κ3) is 1.43. The largest absolute Gasteiger partial charge is 0.394 e. The Labute approximate surface area is 48.2 Å². The Morgan fingerprint density at radius 3 is 2.75 bits per heavy atom. The highest BCUT2D eigenvalue weighted by Crippen LogP contribution is 2.21. The summed E-state index contributed by atoms with van der Waals surface area (Å²) in [6.07, 6.45) is 0.198. The molecule has 48 valence electrons. The van der Waals surface area contributed by atoms with E-state index in [2.05, 4.69) is 0 Å². The molecule has 0 bridgehead atoms. The first-order chi connectivity index (χ1) is 3.84. The highest BCUT2D eigenvalue weighted by atomic mass is 16.8. The second-order valence-corrected chi connectivity index (χ2v) is 1.80. The molecule has 1 saturated heterocycles. The number of hydrogen-bond acceptors (Lipinski definition) is 3. The first kappa shape index (κ1) is 6.01. The van der Waals surface area contributed by atoms with E-state index < -0.39 is 0 Å². The van der Waals surface area contributed by atoms with E-state index in [0.717, 1.165) is 0 Å². The van der Waals surface area contributed by atoms with E-state index in [9.17, 15) is 0 Å². The quantitative estimate of drug-likeness (QED) is 0.519. The van der Waals surface area contributed by atoms with Gasteiger partial charge in [0.25, 0.3) is 0 Å². The van der Waals surface area contributed by atoms with Crippen LogP contribution in [0.2, 0.25) is 0 Å². The summed E-state index contributed by atoms with van der Waals surface area (Å²) in [5, 5.41) is 8.25. The van der Waals surface area contributed by atoms with Crippen molar-refractivity contribution in [3.63, 3.8) is 0 Å². The number of aliphatic hydroxyl groups excluding tert-OH is 1. The smallest absolute Gasteiger partial charge is 0.184 e. The first-order valence-corrected chi connectivity index (χ1v) is 2.72. The van der Waals surface area contributed by atoms with Gasteiger partial charge in [0.1, 0.15) is 6.10 Å². The molecule has 0 aromatic carbocycles. The minimum Gasteiger partial charge on any atom is -0.394 e. The minimum atomic E-state index is -0.0397. The summed E-state index contributed by atoms with van der Waals surface area (Å²) in [7, 11) is 0. The van der Waals surface area contributed by atoms with Crippen LogP contribution in [0, 0.1) is 0 Å². The van der Waals surface area contributed by atoms with Gasteiger partial charge in [0.05, 0.1) is 13.2 Å². The van der Waals surface area contributed by atoms with Crippen molar-refractivity contribution in [2.75, 3.05) is 13.2 Å². The van der Waals surface area contributed by atoms with Gasteiger partial charge in [-0.2, -0.15) is 0 Å². The van der Waals surface area contributed by atoms with E-state index in [0.29, 0.717) is 6.61 Å². The zero-order valence-electron chi connectivity index (χ0n) is 4.83. The summed E-state index contributed by atoms with van der Waals surface area (Å²) in [5.74, 6) is 0. The number of epoxide rings is 1. The van der Waals surface area contributed by atoms with Gasteiger partial charge in [-0.15, -0.1) is 0 Å². The van der Waals surface area contributed by atoms with Crippen molar-refractivity contribution in [3.05, 3.63) is 0 Å². The van der Waals surface area contributed by atoms with E-state index in [1.165, 1.54) is 0 Å². The molecule has 1 aliphatic rings. The van der Waals surface area contributed by atoms with Gasteiger partial charge in [0.2, 0.25) is 0 Å². The number of aliphatic hydroxyl groups is 1. The fourth-order valence-electron chi connectivity index (χ4n) is 0.510. The monoisotopic (exact) mass is 118 g/mol. The average molecular weight is 118 g/mol. The third-order valence-corrected chi connectivity index (χ3v) is 1.03. The fraction of sp³-hybridized carbons (Fsp3) is 1.00. The Hall–Kier alpha value is -0.120. The van der Waals surface area contributed by atoms with Crippen LogP contribution in [0.5, 0.6) is 0 Å². The molecular formula is C5H10O3. The molecule has 1 aliphatic heterocycles. The Bertz CT molecular complexity index is 74.1. The normalized spacial score (nSPS) is 35.2. The topological polar surface area (TPSA) is 42.0 Å². The van der Waals surface area contributed by atoms with Crippen LogP contribution < -0.4 is 0 Å². The Kier molecular flexibility index (Phi) is 1.83. The zero-order chi connectivity index (χ0) is 5.98. The maximum Gasteiger partial charge on any atom is 0.184 e. The molecule has 1 fully saturated rings. The lowest BCUT2D eigenvalue weighted by Crippen LogP contribution is -2.02. The van der Waals surface area contributed by atoms with Crippen LogP contribution >= 0.6 is 0 Å². The van der Waals surface area contributed by atoms with Crippen molar-refractivity contribution >= 4 is 0 Å². The van der Waals surface area contributed by atoms with E-state index in [-0.39, 0.29) is 19.0 Å². The molecule has 2 atom stereocenters. The molecule has 3 heteroatoms. The standard InChI is InChI=1S/C5H10O3/c1-4-5(8-4)7-3-2-6/h4-6H,2-3H2,1H3. The fourth-order valence-corrected chi connectivity index (χ4v) is 0.510. The Balaban J connectivity index is 1.89. The summed E-state index contributed by atoms with van der Waals surface area (Å²) in [4.78, 5) is 0. The van der Waals surface area contributed by atoms with Gasteiger partial charge in [-0.3, -0.25) is 0 Å². The van der Waals surface area contributed by atoms with E-state index >= 15 is 0 Å². The average Bonchev–Trinajstić information content (AvgIpc) is 2.42. The van der Waals surface area contributed by atoms with Crippen molar-refractivity contribution in [1.29, 1.82) is 0 Å². The zero-order valence-corrected chi connectivity index (χ0v) is 4.83. The Morgan fingerprint density at radius 2 is 2.38 bits per heavy atom. The van der Waals surface area contributed by atoms with Crippen LogP contribution in [0.3, 0.4) is 0 Å². The SMILES string of the molecule is CC1OC1OCCO. The van der Waals surface area contributed by atoms with Crippen LogP contribution in [0.4, 0.5) is 0 Å². The minimum absolute atomic E-state index is 0.0397. The van der Waals surface area contributed by atoms with Gasteiger partial charge in [-0.05, 0) is 6.92 Å². The van der Waals surface area contributed by atoms with Crippen LogP contribution in [-0.4, -0.2) is 30.7 Å². The predicted molar refractivity (Wildman–Crippen MR) is 27.4 cm³/mol. The number of rotatable bonds is 3. The molecule has 0 aromatic rings. The van der Waals surface area contributed by atoms with E-state index in [4.69, 9.17) is 14.6 Å². The molecule has 0 aliphatic carbocycles. The molecule has 0 radical (unpaired) electrons. The summed E-state index contributed by atoms with van der Waals surface area (Å²) in [5.41, 5.74) is 0. The molecule has 8 heavy (non-hydrogen) atoms. The van der Waals surface area contributed by atoms with Gasteiger partial charge >= 0.3 is 0 Å². The number of hydrogen-bond donors (Lipinski definition) is 1. The van der Waals surface area contributed by atoms with Crippen molar-refractivity contribution in [2.45, 2.75) is 19.3 Å². The molecule has 3 nitrogen and oxygen atoms in total. The van der Waals surface area contributed by atoms with Gasteiger partial charge in [0, 0.05) is 0 Å². The van der Waals surface area contributed by atoms with Crippen molar-refractivity contribution in [3.8, 4) is 0 Å². The third-order valence-electron chi connectivity index (χ3n) is 1.03. The molecule has 0 saturated carbocycles. The van der Waals surface area contributed by atoms with E-state index in [1.54, 1.807) is 0 Å². The van der Waals surface area contributed by atoms with E-state index in [1.807, 2.05) is 6.92 Å². The molecular weight excluding hydrogens is 108 g/mol. The lowest BCUT2D eigenvalue weighted by Gasteiger charge is -1.92. The molecule has 1 N–H and O–H groups in total. The van der Waals surface area contributed by atoms with Gasteiger partial charge in [0.15, 0.2) is 6.29 Å². The molecule has 0 spiro atoms. The molecule has 2 unspecified atom stereocenters. The summed E-state index contributed by atoms with van der Waals surface area (Å²) in [6, 6.07) is 0. The van der Waals surface area contributed by atoms with Crippen molar-refractivity contribution < 1.29 is 14.6 Å². The van der Waals surface area contributed by atoms with Crippen molar-refractivity contribution in [2.24, 2.45) is 0 Å². The van der Waals surface area contributed by atoms with Gasteiger partial charge in [-0.25, -0.2) is 0 Å². The lowest BCUT2D eigenvalue weighted by molar-refractivity contribution is 0.0276.